The van der Waals surface area contributed by atoms with Gasteiger partial charge in [-0.25, -0.2) is 4.98 Å². The molecule has 0 radical (unpaired) electrons. The van der Waals surface area contributed by atoms with Crippen molar-refractivity contribution in [1.29, 1.82) is 0 Å². The highest BCUT2D eigenvalue weighted by molar-refractivity contribution is 7.22. The highest BCUT2D eigenvalue weighted by atomic mass is 32.1. The highest BCUT2D eigenvalue weighted by Gasteiger charge is 2.18. The van der Waals surface area contributed by atoms with E-state index in [-0.39, 0.29) is 11.7 Å². The van der Waals surface area contributed by atoms with Gasteiger partial charge in [-0.05, 0) is 37.5 Å². The van der Waals surface area contributed by atoms with Crippen molar-refractivity contribution in [2.24, 2.45) is 0 Å². The standard InChI is InChI=1S/C17H19N3O2S/c1-4-11(5-2)13-9-14(22-20-13)16(21)19-17-18-12-7-6-10(3)8-15(12)23-17/h6-9,11H,4-5H2,1-3H3,(H,18,19,21). The normalized spacial score (nSPS) is 11.3. The number of nitrogens with one attached hydrogen (secondary N) is 1. The second-order valence-corrected chi connectivity index (χ2v) is 6.60. The number of nitrogens with zero attached hydrogens (tertiary/aromatic N) is 2. The van der Waals surface area contributed by atoms with Crippen LogP contribution in [0.15, 0.2) is 28.8 Å². The summed E-state index contributed by atoms with van der Waals surface area (Å²) in [5, 5.41) is 7.38. The largest absolute Gasteiger partial charge is 0.351 e. The van der Waals surface area contributed by atoms with Gasteiger partial charge in [0, 0.05) is 12.0 Å². The topological polar surface area (TPSA) is 68.0 Å². The van der Waals surface area contributed by atoms with Gasteiger partial charge in [0.25, 0.3) is 5.91 Å². The zero-order valence-electron chi connectivity index (χ0n) is 13.4. The van der Waals surface area contributed by atoms with Crippen LogP contribution >= 0.6 is 11.3 Å². The SMILES string of the molecule is CCC(CC)c1cc(C(=O)Nc2nc3ccc(C)cc3s2)on1. The van der Waals surface area contributed by atoms with Crippen molar-refractivity contribution in [2.75, 3.05) is 5.32 Å². The summed E-state index contributed by atoms with van der Waals surface area (Å²) < 4.78 is 6.24. The lowest BCUT2D eigenvalue weighted by atomic mass is 9.99. The van der Waals surface area contributed by atoms with Crippen LogP contribution in [0.3, 0.4) is 0 Å². The maximum atomic E-state index is 12.3. The van der Waals surface area contributed by atoms with Crippen molar-refractivity contribution in [2.45, 2.75) is 39.5 Å². The summed E-state index contributed by atoms with van der Waals surface area (Å²) in [6.07, 6.45) is 1.95. The van der Waals surface area contributed by atoms with E-state index in [0.717, 1.165) is 28.8 Å². The van der Waals surface area contributed by atoms with Crippen molar-refractivity contribution in [3.8, 4) is 0 Å². The van der Waals surface area contributed by atoms with Crippen molar-refractivity contribution in [1.82, 2.24) is 10.1 Å². The molecule has 0 fully saturated rings. The molecule has 0 bridgehead atoms. The molecule has 0 aliphatic carbocycles. The molecule has 0 atom stereocenters. The number of fused-ring (bicyclic) bond motifs is 1. The summed E-state index contributed by atoms with van der Waals surface area (Å²) in [4.78, 5) is 16.7. The number of amides is 1. The number of aryl methyl sites for hydroxylation is 1. The molecule has 0 saturated heterocycles. The van der Waals surface area contributed by atoms with E-state index in [1.807, 2.05) is 19.1 Å². The molecular formula is C17H19N3O2S. The Kier molecular flexibility index (Phi) is 4.43. The number of hydrogen-bond donors (Lipinski definition) is 1. The fourth-order valence-corrected chi connectivity index (χ4v) is 3.50. The van der Waals surface area contributed by atoms with Crippen LogP contribution in [-0.2, 0) is 0 Å². The van der Waals surface area contributed by atoms with Gasteiger partial charge in [-0.2, -0.15) is 0 Å². The van der Waals surface area contributed by atoms with Crippen LogP contribution in [0.25, 0.3) is 10.2 Å². The van der Waals surface area contributed by atoms with Gasteiger partial charge in [0.1, 0.15) is 0 Å². The van der Waals surface area contributed by atoms with Crippen LogP contribution in [0, 0.1) is 6.92 Å². The van der Waals surface area contributed by atoms with Crippen LogP contribution in [-0.4, -0.2) is 16.0 Å². The van der Waals surface area contributed by atoms with Crippen LogP contribution < -0.4 is 5.32 Å². The molecule has 0 unspecified atom stereocenters. The van der Waals surface area contributed by atoms with Gasteiger partial charge >= 0.3 is 0 Å². The first kappa shape index (κ1) is 15.7. The quantitative estimate of drug-likeness (QED) is 0.733. The third kappa shape index (κ3) is 3.27. The maximum absolute atomic E-state index is 12.3. The van der Waals surface area contributed by atoms with Gasteiger partial charge in [-0.3, -0.25) is 10.1 Å². The summed E-state index contributed by atoms with van der Waals surface area (Å²) in [7, 11) is 0. The lowest BCUT2D eigenvalue weighted by molar-refractivity contribution is 0.0988. The minimum absolute atomic E-state index is 0.224. The maximum Gasteiger partial charge on any atom is 0.296 e. The molecule has 120 valence electrons. The third-order valence-corrected chi connectivity index (χ3v) is 4.85. The number of hydrogen-bond acceptors (Lipinski definition) is 5. The Balaban J connectivity index is 1.77. The lowest BCUT2D eigenvalue weighted by Crippen LogP contribution is -2.10. The molecule has 2 heterocycles. The molecule has 0 aliphatic heterocycles. The molecular weight excluding hydrogens is 310 g/mol. The Hall–Kier alpha value is -2.21. The summed E-state index contributed by atoms with van der Waals surface area (Å²) in [6.45, 7) is 6.24. The number of thiazole rings is 1. The van der Waals surface area contributed by atoms with Gasteiger partial charge in [-0.15, -0.1) is 0 Å². The monoisotopic (exact) mass is 329 g/mol. The van der Waals surface area contributed by atoms with Crippen LogP contribution in [0.1, 0.15) is 54.4 Å². The first-order chi connectivity index (χ1) is 11.1. The van der Waals surface area contributed by atoms with E-state index in [1.54, 1.807) is 6.07 Å². The Morgan fingerprint density at radius 2 is 2.09 bits per heavy atom. The van der Waals surface area contributed by atoms with Gasteiger partial charge in [0.15, 0.2) is 5.13 Å². The van der Waals surface area contributed by atoms with Gasteiger partial charge in [-0.1, -0.05) is 36.4 Å². The molecule has 3 aromatic rings. The zero-order chi connectivity index (χ0) is 16.4. The fourth-order valence-electron chi connectivity index (χ4n) is 2.54. The average Bonchev–Trinajstić information content (AvgIpc) is 3.15. The summed E-state index contributed by atoms with van der Waals surface area (Å²) in [5.41, 5.74) is 2.88. The smallest absolute Gasteiger partial charge is 0.296 e. The number of benzene rings is 1. The van der Waals surface area contributed by atoms with Crippen LogP contribution in [0.2, 0.25) is 0 Å². The van der Waals surface area contributed by atoms with Crippen molar-refractivity contribution in [3.05, 3.63) is 41.3 Å². The molecule has 5 nitrogen and oxygen atoms in total. The van der Waals surface area contributed by atoms with Gasteiger partial charge in [0.2, 0.25) is 5.76 Å². The molecule has 0 aliphatic rings. The molecule has 0 saturated carbocycles. The molecule has 23 heavy (non-hydrogen) atoms. The highest BCUT2D eigenvalue weighted by Crippen LogP contribution is 2.27. The Morgan fingerprint density at radius 1 is 1.30 bits per heavy atom. The van der Waals surface area contributed by atoms with E-state index >= 15 is 0 Å². The van der Waals surface area contributed by atoms with E-state index in [9.17, 15) is 4.79 Å². The fraction of sp³-hybridized carbons (Fsp3) is 0.353. The van der Waals surface area contributed by atoms with Crippen molar-refractivity contribution in [3.63, 3.8) is 0 Å². The Labute approximate surface area is 138 Å². The number of carbonyl (C=O) groups excluding carboxylic acids is 1. The third-order valence-electron chi connectivity index (χ3n) is 3.92. The van der Waals surface area contributed by atoms with Crippen molar-refractivity contribution >= 4 is 32.6 Å². The summed E-state index contributed by atoms with van der Waals surface area (Å²) >= 11 is 1.45. The van der Waals surface area contributed by atoms with Crippen LogP contribution in [0.5, 0.6) is 0 Å². The van der Waals surface area contributed by atoms with E-state index in [2.05, 4.69) is 35.4 Å². The predicted molar refractivity (Wildman–Crippen MR) is 92.1 cm³/mol. The zero-order valence-corrected chi connectivity index (χ0v) is 14.2. The summed E-state index contributed by atoms with van der Waals surface area (Å²) in [5.74, 6) is 0.235. The van der Waals surface area contributed by atoms with Crippen molar-refractivity contribution < 1.29 is 9.32 Å². The van der Waals surface area contributed by atoms with E-state index in [1.165, 1.54) is 16.9 Å². The van der Waals surface area contributed by atoms with Gasteiger partial charge in [0.05, 0.1) is 15.9 Å². The Morgan fingerprint density at radius 3 is 2.83 bits per heavy atom. The lowest BCUT2D eigenvalue weighted by Gasteiger charge is -2.05. The molecule has 1 amide bonds. The minimum Gasteiger partial charge on any atom is -0.351 e. The number of carbonyl (C=O) groups is 1. The number of aromatic nitrogens is 2. The minimum atomic E-state index is -0.314. The number of rotatable bonds is 5. The molecule has 6 heteroatoms. The Bertz CT molecular complexity index is 833. The van der Waals surface area contributed by atoms with E-state index in [4.69, 9.17) is 4.52 Å². The van der Waals surface area contributed by atoms with Crippen LogP contribution in [0.4, 0.5) is 5.13 Å². The average molecular weight is 329 g/mol. The first-order valence-electron chi connectivity index (χ1n) is 7.75. The molecule has 0 spiro atoms. The predicted octanol–water partition coefficient (Wildman–Crippen LogP) is 4.75. The van der Waals surface area contributed by atoms with Gasteiger partial charge < -0.3 is 4.52 Å². The molecule has 3 rings (SSSR count). The summed E-state index contributed by atoms with van der Waals surface area (Å²) in [6, 6.07) is 7.75. The molecule has 1 aromatic carbocycles. The second kappa shape index (κ2) is 6.50. The number of anilines is 1. The second-order valence-electron chi connectivity index (χ2n) is 5.57. The van der Waals surface area contributed by atoms with E-state index in [0.29, 0.717) is 11.0 Å². The molecule has 1 N–H and O–H groups in total. The van der Waals surface area contributed by atoms with E-state index < -0.39 is 0 Å². The first-order valence-corrected chi connectivity index (χ1v) is 8.57. The molecule has 2 aromatic heterocycles.